The molecule has 1 aromatic heterocycles. The molecule has 0 saturated heterocycles. The summed E-state index contributed by atoms with van der Waals surface area (Å²) in [5, 5.41) is 9.10. The van der Waals surface area contributed by atoms with Crippen molar-refractivity contribution in [1.29, 1.82) is 0 Å². The van der Waals surface area contributed by atoms with Gasteiger partial charge < -0.3 is 5.11 Å². The summed E-state index contributed by atoms with van der Waals surface area (Å²) < 4.78 is 26.2. The Morgan fingerprint density at radius 2 is 2.00 bits per heavy atom. The van der Waals surface area contributed by atoms with E-state index in [-0.39, 0.29) is 5.75 Å². The normalized spacial score (nSPS) is 17.7. The first-order chi connectivity index (χ1) is 8.94. The molecule has 1 heterocycles. The molecule has 0 aliphatic heterocycles. The zero-order valence-corrected chi connectivity index (χ0v) is 11.2. The highest BCUT2D eigenvalue weighted by Crippen LogP contribution is 2.32. The molecule has 2 N–H and O–H groups in total. The SMILES string of the molecule is O=C(O)C1(NS(=O)(=O)CCc2ccncc2)CCC1. The minimum atomic E-state index is -3.59. The Morgan fingerprint density at radius 3 is 2.47 bits per heavy atom. The van der Waals surface area contributed by atoms with E-state index in [0.29, 0.717) is 19.3 Å². The van der Waals surface area contributed by atoms with Crippen molar-refractivity contribution >= 4 is 16.0 Å². The number of pyridine rings is 1. The minimum Gasteiger partial charge on any atom is -0.480 e. The molecule has 0 aromatic carbocycles. The fourth-order valence-corrected chi connectivity index (χ4v) is 3.53. The molecule has 7 heteroatoms. The highest BCUT2D eigenvalue weighted by molar-refractivity contribution is 7.89. The first-order valence-corrected chi connectivity index (χ1v) is 7.73. The van der Waals surface area contributed by atoms with Gasteiger partial charge in [-0.05, 0) is 43.4 Å². The zero-order valence-electron chi connectivity index (χ0n) is 10.4. The van der Waals surface area contributed by atoms with Crippen LogP contribution in [0.1, 0.15) is 24.8 Å². The number of carboxylic acids is 1. The van der Waals surface area contributed by atoms with Crippen molar-refractivity contribution in [3.8, 4) is 0 Å². The van der Waals surface area contributed by atoms with E-state index in [9.17, 15) is 13.2 Å². The average Bonchev–Trinajstić information content (AvgIpc) is 2.33. The van der Waals surface area contributed by atoms with Crippen LogP contribution in [0.15, 0.2) is 24.5 Å². The topological polar surface area (TPSA) is 96.4 Å². The predicted octanol–water partition coefficient (Wildman–Crippen LogP) is 0.551. The number of nitrogens with zero attached hydrogens (tertiary/aromatic N) is 1. The fourth-order valence-electron chi connectivity index (χ4n) is 2.04. The van der Waals surface area contributed by atoms with Gasteiger partial charge in [0.2, 0.25) is 10.0 Å². The number of aliphatic carboxylic acids is 1. The van der Waals surface area contributed by atoms with Crippen LogP contribution in [0, 0.1) is 0 Å². The van der Waals surface area contributed by atoms with Crippen LogP contribution in [-0.4, -0.2) is 35.8 Å². The molecule has 0 radical (unpaired) electrons. The molecule has 1 aromatic rings. The van der Waals surface area contributed by atoms with Crippen LogP contribution in [0.25, 0.3) is 0 Å². The van der Waals surface area contributed by atoms with E-state index in [1.165, 1.54) is 0 Å². The van der Waals surface area contributed by atoms with E-state index in [1.54, 1.807) is 24.5 Å². The number of nitrogens with one attached hydrogen (secondary N) is 1. The fraction of sp³-hybridized carbons (Fsp3) is 0.500. The molecule has 1 fully saturated rings. The lowest BCUT2D eigenvalue weighted by atomic mass is 9.78. The Hall–Kier alpha value is -1.47. The Morgan fingerprint density at radius 1 is 1.37 bits per heavy atom. The number of rotatable bonds is 6. The molecule has 19 heavy (non-hydrogen) atoms. The van der Waals surface area contributed by atoms with Crippen LogP contribution in [0.4, 0.5) is 0 Å². The van der Waals surface area contributed by atoms with Crippen molar-refractivity contribution in [1.82, 2.24) is 9.71 Å². The lowest BCUT2D eigenvalue weighted by Gasteiger charge is -2.37. The van der Waals surface area contributed by atoms with Gasteiger partial charge in [0.05, 0.1) is 5.75 Å². The van der Waals surface area contributed by atoms with Crippen molar-refractivity contribution in [3.05, 3.63) is 30.1 Å². The van der Waals surface area contributed by atoms with Gasteiger partial charge in [-0.1, -0.05) is 0 Å². The first-order valence-electron chi connectivity index (χ1n) is 6.07. The summed E-state index contributed by atoms with van der Waals surface area (Å²) >= 11 is 0. The highest BCUT2D eigenvalue weighted by atomic mass is 32.2. The number of aryl methyl sites for hydroxylation is 1. The van der Waals surface area contributed by atoms with Crippen molar-refractivity contribution in [2.75, 3.05) is 5.75 Å². The summed E-state index contributed by atoms with van der Waals surface area (Å²) in [5.41, 5.74) is -0.421. The van der Waals surface area contributed by atoms with Gasteiger partial charge in [0.15, 0.2) is 0 Å². The molecular formula is C12H16N2O4S. The average molecular weight is 284 g/mol. The van der Waals surface area contributed by atoms with Crippen LogP contribution in [0.2, 0.25) is 0 Å². The van der Waals surface area contributed by atoms with Crippen molar-refractivity contribution < 1.29 is 18.3 Å². The zero-order chi connectivity index (χ0) is 13.9. The lowest BCUT2D eigenvalue weighted by Crippen LogP contribution is -2.59. The van der Waals surface area contributed by atoms with Crippen LogP contribution < -0.4 is 4.72 Å². The summed E-state index contributed by atoms with van der Waals surface area (Å²) in [7, 11) is -3.59. The van der Waals surface area contributed by atoms with Crippen LogP contribution in [0.3, 0.4) is 0 Å². The van der Waals surface area contributed by atoms with Gasteiger partial charge in [0.25, 0.3) is 0 Å². The van der Waals surface area contributed by atoms with Gasteiger partial charge in [0, 0.05) is 12.4 Å². The predicted molar refractivity (Wildman–Crippen MR) is 69.1 cm³/mol. The Balaban J connectivity index is 1.97. The molecule has 1 aliphatic rings. The number of carboxylic acid groups (broad SMARTS) is 1. The van der Waals surface area contributed by atoms with Gasteiger partial charge in [-0.25, -0.2) is 8.42 Å². The molecule has 0 atom stereocenters. The van der Waals surface area contributed by atoms with Crippen LogP contribution in [-0.2, 0) is 21.2 Å². The van der Waals surface area contributed by atoms with E-state index < -0.39 is 21.5 Å². The van der Waals surface area contributed by atoms with Crippen molar-refractivity contribution in [2.24, 2.45) is 0 Å². The second-order valence-corrected chi connectivity index (χ2v) is 6.61. The quantitative estimate of drug-likeness (QED) is 0.795. The van der Waals surface area contributed by atoms with Gasteiger partial charge in [-0.3, -0.25) is 9.78 Å². The monoisotopic (exact) mass is 284 g/mol. The molecule has 0 amide bonds. The molecule has 1 saturated carbocycles. The largest absolute Gasteiger partial charge is 0.480 e. The molecule has 0 bridgehead atoms. The maximum atomic E-state index is 11.9. The van der Waals surface area contributed by atoms with Crippen LogP contribution in [0.5, 0.6) is 0 Å². The van der Waals surface area contributed by atoms with Gasteiger partial charge >= 0.3 is 5.97 Å². The maximum Gasteiger partial charge on any atom is 0.324 e. The lowest BCUT2D eigenvalue weighted by molar-refractivity contribution is -0.147. The molecule has 2 rings (SSSR count). The summed E-state index contributed by atoms with van der Waals surface area (Å²) in [5.74, 6) is -1.21. The summed E-state index contributed by atoms with van der Waals surface area (Å²) in [4.78, 5) is 15.0. The Kier molecular flexibility index (Phi) is 3.86. The summed E-state index contributed by atoms with van der Waals surface area (Å²) in [6.45, 7) is 0. The Labute approximate surface area is 111 Å². The maximum absolute atomic E-state index is 11.9. The van der Waals surface area contributed by atoms with Gasteiger partial charge in [0.1, 0.15) is 5.54 Å². The third kappa shape index (κ3) is 3.30. The summed E-state index contributed by atoms with van der Waals surface area (Å²) in [6, 6.07) is 3.48. The molecule has 0 spiro atoms. The number of hydrogen-bond acceptors (Lipinski definition) is 4. The number of aromatic nitrogens is 1. The molecule has 6 nitrogen and oxygen atoms in total. The minimum absolute atomic E-state index is 0.119. The molecule has 0 unspecified atom stereocenters. The third-order valence-corrected chi connectivity index (χ3v) is 4.82. The third-order valence-electron chi connectivity index (χ3n) is 3.38. The van der Waals surface area contributed by atoms with Crippen molar-refractivity contribution in [2.45, 2.75) is 31.2 Å². The van der Waals surface area contributed by atoms with E-state index in [2.05, 4.69) is 9.71 Å². The van der Waals surface area contributed by atoms with Crippen molar-refractivity contribution in [3.63, 3.8) is 0 Å². The summed E-state index contributed by atoms with van der Waals surface area (Å²) in [6.07, 6.45) is 4.99. The van der Waals surface area contributed by atoms with Gasteiger partial charge in [-0.15, -0.1) is 0 Å². The second kappa shape index (κ2) is 5.26. The van der Waals surface area contributed by atoms with E-state index >= 15 is 0 Å². The Bertz CT molecular complexity index is 552. The van der Waals surface area contributed by atoms with E-state index in [4.69, 9.17) is 5.11 Å². The number of hydrogen-bond donors (Lipinski definition) is 2. The molecule has 1 aliphatic carbocycles. The number of carbonyl (C=O) groups is 1. The van der Waals surface area contributed by atoms with E-state index in [0.717, 1.165) is 12.0 Å². The standard InChI is InChI=1S/C12H16N2O4S/c15-11(16)12(5-1-6-12)14-19(17,18)9-4-10-2-7-13-8-3-10/h2-3,7-8,14H,1,4-6,9H2,(H,15,16). The number of sulfonamides is 1. The second-order valence-electron chi connectivity index (χ2n) is 4.77. The molecule has 104 valence electrons. The molecular weight excluding hydrogens is 268 g/mol. The van der Waals surface area contributed by atoms with Gasteiger partial charge in [-0.2, -0.15) is 4.72 Å². The van der Waals surface area contributed by atoms with E-state index in [1.807, 2.05) is 0 Å². The van der Waals surface area contributed by atoms with Crippen LogP contribution >= 0.6 is 0 Å². The smallest absolute Gasteiger partial charge is 0.324 e. The first kappa shape index (κ1) is 14.0. The highest BCUT2D eigenvalue weighted by Gasteiger charge is 2.47.